The average molecular weight is 463 g/mol. The Labute approximate surface area is 191 Å². The number of aromatic nitrogens is 4. The minimum Gasteiger partial charge on any atom is -0.491 e. The predicted molar refractivity (Wildman–Crippen MR) is 126 cm³/mol. The molecular weight excluding hydrogens is 440 g/mol. The van der Waals surface area contributed by atoms with Gasteiger partial charge in [0.05, 0.1) is 30.3 Å². The van der Waals surface area contributed by atoms with Crippen molar-refractivity contribution in [1.29, 1.82) is 0 Å². The summed E-state index contributed by atoms with van der Waals surface area (Å²) in [6.45, 7) is 1.91. The third-order valence-electron chi connectivity index (χ3n) is 5.66. The van der Waals surface area contributed by atoms with E-state index in [4.69, 9.17) is 9.47 Å². The molecule has 0 aliphatic heterocycles. The average Bonchev–Trinajstić information content (AvgIpc) is 3.36. The van der Waals surface area contributed by atoms with E-state index < -0.39 is 10.0 Å². The van der Waals surface area contributed by atoms with Crippen LogP contribution in [0, 0.1) is 6.92 Å². The Kier molecular flexibility index (Phi) is 4.86. The second-order valence-electron chi connectivity index (χ2n) is 7.75. The predicted octanol–water partition coefficient (Wildman–Crippen LogP) is 4.15. The molecule has 0 aliphatic carbocycles. The normalized spacial score (nSPS) is 11.9. The maximum atomic E-state index is 13.8. The molecule has 4 aromatic heterocycles. The van der Waals surface area contributed by atoms with E-state index >= 15 is 0 Å². The summed E-state index contributed by atoms with van der Waals surface area (Å²) in [4.78, 5) is 9.22. The van der Waals surface area contributed by atoms with Gasteiger partial charge in [0.15, 0.2) is 11.4 Å². The van der Waals surface area contributed by atoms with Crippen molar-refractivity contribution in [3.63, 3.8) is 0 Å². The second kappa shape index (κ2) is 7.63. The largest absolute Gasteiger partial charge is 0.491 e. The van der Waals surface area contributed by atoms with E-state index in [9.17, 15) is 8.42 Å². The van der Waals surface area contributed by atoms with Crippen molar-refractivity contribution in [2.75, 3.05) is 14.2 Å². The SMILES string of the molecule is COc1cc2c(nc1OC)c(-c1cc3cccnc3n1S(=O)(=O)c1ccc(C)cc1)cn2C. The van der Waals surface area contributed by atoms with Gasteiger partial charge < -0.3 is 14.0 Å². The summed E-state index contributed by atoms with van der Waals surface area (Å²) in [6.07, 6.45) is 3.44. The Morgan fingerprint density at radius 1 is 1.00 bits per heavy atom. The van der Waals surface area contributed by atoms with Crippen LogP contribution in [0.4, 0.5) is 0 Å². The fourth-order valence-corrected chi connectivity index (χ4v) is 5.48. The molecule has 0 saturated heterocycles. The van der Waals surface area contributed by atoms with Gasteiger partial charge in [-0.2, -0.15) is 0 Å². The minimum absolute atomic E-state index is 0.185. The van der Waals surface area contributed by atoms with Gasteiger partial charge >= 0.3 is 0 Å². The molecule has 0 spiro atoms. The number of pyridine rings is 2. The summed E-state index contributed by atoms with van der Waals surface area (Å²) in [5.41, 5.74) is 3.81. The molecular formula is C24H22N4O4S. The van der Waals surface area contributed by atoms with Gasteiger partial charge in [0.1, 0.15) is 5.52 Å². The number of nitrogens with zero attached hydrogens (tertiary/aromatic N) is 4. The number of rotatable bonds is 5. The number of methoxy groups -OCH3 is 2. The maximum Gasteiger partial charge on any atom is 0.269 e. The first-order valence-electron chi connectivity index (χ1n) is 10.2. The molecule has 9 heteroatoms. The van der Waals surface area contributed by atoms with Crippen LogP contribution in [-0.2, 0) is 17.1 Å². The molecule has 4 heterocycles. The molecule has 0 fully saturated rings. The molecule has 0 unspecified atom stereocenters. The van der Waals surface area contributed by atoms with Crippen LogP contribution in [0.2, 0.25) is 0 Å². The zero-order valence-corrected chi connectivity index (χ0v) is 19.4. The fourth-order valence-electron chi connectivity index (χ4n) is 4.00. The molecule has 168 valence electrons. The lowest BCUT2D eigenvalue weighted by Gasteiger charge is -2.12. The first kappa shape index (κ1) is 21.0. The summed E-state index contributed by atoms with van der Waals surface area (Å²) in [5, 5.41) is 0.709. The molecule has 0 bridgehead atoms. The first-order valence-corrected chi connectivity index (χ1v) is 11.7. The third kappa shape index (κ3) is 3.23. The van der Waals surface area contributed by atoms with Gasteiger partial charge in [0.25, 0.3) is 15.9 Å². The Morgan fingerprint density at radius 3 is 2.45 bits per heavy atom. The highest BCUT2D eigenvalue weighted by Gasteiger charge is 2.27. The smallest absolute Gasteiger partial charge is 0.269 e. The molecule has 5 rings (SSSR count). The van der Waals surface area contributed by atoms with Crippen LogP contribution < -0.4 is 9.47 Å². The zero-order valence-electron chi connectivity index (χ0n) is 18.6. The van der Waals surface area contributed by atoms with E-state index in [2.05, 4.69) is 9.97 Å². The highest BCUT2D eigenvalue weighted by Crippen LogP contribution is 2.38. The monoisotopic (exact) mass is 462 g/mol. The van der Waals surface area contributed by atoms with E-state index in [1.54, 1.807) is 43.6 Å². The molecule has 0 radical (unpaired) electrons. The molecule has 8 nitrogen and oxygen atoms in total. The van der Waals surface area contributed by atoms with E-state index in [0.29, 0.717) is 39.4 Å². The Hall–Kier alpha value is -3.85. The molecule has 0 N–H and O–H groups in total. The fraction of sp³-hybridized carbons (Fsp3) is 0.167. The number of hydrogen-bond acceptors (Lipinski definition) is 6. The van der Waals surface area contributed by atoms with Gasteiger partial charge in [0, 0.05) is 36.5 Å². The Morgan fingerprint density at radius 2 is 1.76 bits per heavy atom. The third-order valence-corrected chi connectivity index (χ3v) is 7.38. The van der Waals surface area contributed by atoms with E-state index in [1.165, 1.54) is 11.1 Å². The summed E-state index contributed by atoms with van der Waals surface area (Å²) < 4.78 is 41.6. The van der Waals surface area contributed by atoms with Crippen molar-refractivity contribution < 1.29 is 17.9 Å². The van der Waals surface area contributed by atoms with Crippen LogP contribution in [0.3, 0.4) is 0 Å². The molecule has 0 amide bonds. The van der Waals surface area contributed by atoms with Crippen LogP contribution in [0.5, 0.6) is 11.6 Å². The van der Waals surface area contributed by atoms with Crippen molar-refractivity contribution >= 4 is 32.1 Å². The van der Waals surface area contributed by atoms with Crippen LogP contribution >= 0.6 is 0 Å². The van der Waals surface area contributed by atoms with Gasteiger partial charge in [-0.15, -0.1) is 0 Å². The van der Waals surface area contributed by atoms with Crippen molar-refractivity contribution in [1.82, 2.24) is 18.5 Å². The second-order valence-corrected chi connectivity index (χ2v) is 9.54. The summed E-state index contributed by atoms with van der Waals surface area (Å²) in [5.74, 6) is 0.812. The molecule has 5 aromatic rings. The number of aryl methyl sites for hydroxylation is 2. The van der Waals surface area contributed by atoms with Crippen molar-refractivity contribution in [2.45, 2.75) is 11.8 Å². The minimum atomic E-state index is -3.94. The highest BCUT2D eigenvalue weighted by molar-refractivity contribution is 7.90. The standard InChI is InChI=1S/C24H22N4O4S/c1-15-7-9-17(10-8-15)33(29,30)28-19(12-16-6-5-11-25-23(16)28)18-14-27(2)20-13-21(31-3)24(32-4)26-22(18)20/h5-14H,1-4H3. The quantitative estimate of drug-likeness (QED) is 0.390. The van der Waals surface area contributed by atoms with Gasteiger partial charge in [-0.05, 0) is 37.3 Å². The van der Waals surface area contributed by atoms with Gasteiger partial charge in [-0.3, -0.25) is 0 Å². The highest BCUT2D eigenvalue weighted by atomic mass is 32.2. The molecule has 1 aromatic carbocycles. The zero-order chi connectivity index (χ0) is 23.3. The molecule has 33 heavy (non-hydrogen) atoms. The summed E-state index contributed by atoms with van der Waals surface area (Å²) in [7, 11) is 0.994. The molecule has 0 saturated carbocycles. The molecule has 0 atom stereocenters. The lowest BCUT2D eigenvalue weighted by Crippen LogP contribution is -2.14. The lowest BCUT2D eigenvalue weighted by molar-refractivity contribution is 0.344. The van der Waals surface area contributed by atoms with Gasteiger partial charge in [-0.25, -0.2) is 22.4 Å². The topological polar surface area (TPSA) is 88.2 Å². The number of ether oxygens (including phenoxy) is 2. The molecule has 0 aliphatic rings. The number of fused-ring (bicyclic) bond motifs is 2. The summed E-state index contributed by atoms with van der Waals surface area (Å²) >= 11 is 0. The summed E-state index contributed by atoms with van der Waals surface area (Å²) in [6, 6.07) is 14.0. The van der Waals surface area contributed by atoms with E-state index in [-0.39, 0.29) is 4.90 Å². The first-order chi connectivity index (χ1) is 15.8. The number of benzene rings is 1. The van der Waals surface area contributed by atoms with Crippen molar-refractivity contribution in [3.8, 4) is 22.9 Å². The van der Waals surface area contributed by atoms with E-state index in [1.807, 2.05) is 42.9 Å². The van der Waals surface area contributed by atoms with Gasteiger partial charge in [-0.1, -0.05) is 17.7 Å². The van der Waals surface area contributed by atoms with Crippen LogP contribution in [0.25, 0.3) is 33.3 Å². The van der Waals surface area contributed by atoms with Crippen LogP contribution in [0.15, 0.2) is 65.8 Å². The van der Waals surface area contributed by atoms with Gasteiger partial charge in [0.2, 0.25) is 0 Å². The van der Waals surface area contributed by atoms with Crippen LogP contribution in [-0.4, -0.2) is 41.1 Å². The van der Waals surface area contributed by atoms with Crippen molar-refractivity contribution in [2.24, 2.45) is 7.05 Å². The number of hydrogen-bond donors (Lipinski definition) is 0. The van der Waals surface area contributed by atoms with E-state index in [0.717, 1.165) is 11.1 Å². The van der Waals surface area contributed by atoms with Crippen molar-refractivity contribution in [3.05, 3.63) is 66.5 Å². The Bertz CT molecular complexity index is 1620. The van der Waals surface area contributed by atoms with Crippen LogP contribution in [0.1, 0.15) is 5.56 Å². The Balaban J connectivity index is 1.86. The lowest BCUT2D eigenvalue weighted by atomic mass is 10.2. The maximum absolute atomic E-state index is 13.8.